The number of aryl methyl sites for hydroxylation is 1. The second-order valence-corrected chi connectivity index (χ2v) is 5.91. The standard InChI is InChI=1S/C17H16N6O2/c1-3-16(24)22-6-4-13(11-22)25-17-20-14(12-9-19-21(2)10-12)8-15-18-5-7-23(15)17/h1,5,7-10,13H,4,6,11H2,2H3/t13-/m1/s1. The Morgan fingerprint density at radius 1 is 1.48 bits per heavy atom. The molecule has 0 radical (unpaired) electrons. The second-order valence-electron chi connectivity index (χ2n) is 5.91. The molecule has 25 heavy (non-hydrogen) atoms. The zero-order valence-corrected chi connectivity index (χ0v) is 13.7. The van der Waals surface area contributed by atoms with Crippen LogP contribution in [-0.4, -0.2) is 54.1 Å². The van der Waals surface area contributed by atoms with Gasteiger partial charge in [-0.25, -0.2) is 4.98 Å². The van der Waals surface area contributed by atoms with Gasteiger partial charge in [0.25, 0.3) is 5.91 Å². The number of hydrogen-bond donors (Lipinski definition) is 0. The van der Waals surface area contributed by atoms with E-state index in [0.29, 0.717) is 25.5 Å². The summed E-state index contributed by atoms with van der Waals surface area (Å²) in [6, 6.07) is 2.32. The SMILES string of the molecule is C#CC(=O)N1CC[C@@H](Oc2nc(-c3cnn(C)c3)cc3nccn23)C1. The van der Waals surface area contributed by atoms with Gasteiger partial charge in [0.1, 0.15) is 11.8 Å². The molecule has 8 nitrogen and oxygen atoms in total. The molecule has 4 heterocycles. The molecule has 1 aliphatic heterocycles. The summed E-state index contributed by atoms with van der Waals surface area (Å²) < 4.78 is 9.56. The van der Waals surface area contributed by atoms with Crippen LogP contribution in [0, 0.1) is 12.3 Å². The van der Waals surface area contributed by atoms with Crippen LogP contribution in [0.5, 0.6) is 6.01 Å². The Balaban J connectivity index is 1.64. The van der Waals surface area contributed by atoms with Crippen molar-refractivity contribution in [2.75, 3.05) is 13.1 Å². The third-order valence-corrected chi connectivity index (χ3v) is 4.19. The minimum Gasteiger partial charge on any atom is -0.459 e. The smallest absolute Gasteiger partial charge is 0.303 e. The average Bonchev–Trinajstić information content (AvgIpc) is 3.34. The molecule has 1 saturated heterocycles. The first-order valence-electron chi connectivity index (χ1n) is 7.89. The maximum Gasteiger partial charge on any atom is 0.303 e. The van der Waals surface area contributed by atoms with Gasteiger partial charge in [-0.05, 0) is 5.92 Å². The summed E-state index contributed by atoms with van der Waals surface area (Å²) in [5, 5.41) is 4.18. The average molecular weight is 336 g/mol. The monoisotopic (exact) mass is 336 g/mol. The summed E-state index contributed by atoms with van der Waals surface area (Å²) in [4.78, 5) is 22.2. The van der Waals surface area contributed by atoms with Crippen LogP contribution in [0.1, 0.15) is 6.42 Å². The predicted molar refractivity (Wildman–Crippen MR) is 89.6 cm³/mol. The zero-order chi connectivity index (χ0) is 17.4. The van der Waals surface area contributed by atoms with Crippen molar-refractivity contribution in [2.24, 2.45) is 7.05 Å². The van der Waals surface area contributed by atoms with Crippen LogP contribution in [0.2, 0.25) is 0 Å². The van der Waals surface area contributed by atoms with Crippen molar-refractivity contribution in [1.82, 2.24) is 29.0 Å². The van der Waals surface area contributed by atoms with E-state index in [-0.39, 0.29) is 12.0 Å². The molecule has 3 aromatic heterocycles. The largest absolute Gasteiger partial charge is 0.459 e. The number of terminal acetylenes is 1. The van der Waals surface area contributed by atoms with Crippen LogP contribution in [-0.2, 0) is 11.8 Å². The third-order valence-electron chi connectivity index (χ3n) is 4.19. The van der Waals surface area contributed by atoms with E-state index in [1.807, 2.05) is 19.3 Å². The van der Waals surface area contributed by atoms with Crippen molar-refractivity contribution in [3.63, 3.8) is 0 Å². The number of imidazole rings is 1. The first kappa shape index (κ1) is 15.2. The van der Waals surface area contributed by atoms with E-state index in [2.05, 4.69) is 21.0 Å². The van der Waals surface area contributed by atoms with Gasteiger partial charge in [-0.3, -0.25) is 13.9 Å². The fraction of sp³-hybridized carbons (Fsp3) is 0.294. The molecule has 126 valence electrons. The summed E-state index contributed by atoms with van der Waals surface area (Å²) >= 11 is 0. The van der Waals surface area contributed by atoms with Crippen molar-refractivity contribution in [3.8, 4) is 29.6 Å². The van der Waals surface area contributed by atoms with E-state index in [4.69, 9.17) is 11.2 Å². The number of hydrogen-bond acceptors (Lipinski definition) is 5. The summed E-state index contributed by atoms with van der Waals surface area (Å²) in [6.45, 7) is 1.04. The topological polar surface area (TPSA) is 77.6 Å². The van der Waals surface area contributed by atoms with Crippen molar-refractivity contribution < 1.29 is 9.53 Å². The summed E-state index contributed by atoms with van der Waals surface area (Å²) in [5.74, 6) is 1.83. The number of ether oxygens (including phenoxy) is 1. The lowest BCUT2D eigenvalue weighted by Gasteiger charge is -2.15. The Morgan fingerprint density at radius 3 is 3.12 bits per heavy atom. The molecule has 0 N–H and O–H groups in total. The summed E-state index contributed by atoms with van der Waals surface area (Å²) in [5.41, 5.74) is 2.35. The van der Waals surface area contributed by atoms with Crippen molar-refractivity contribution in [2.45, 2.75) is 12.5 Å². The van der Waals surface area contributed by atoms with E-state index in [1.54, 1.807) is 32.6 Å². The molecule has 1 amide bonds. The molecule has 1 aliphatic rings. The fourth-order valence-corrected chi connectivity index (χ4v) is 2.93. The molecule has 0 unspecified atom stereocenters. The molecular weight excluding hydrogens is 320 g/mol. The molecule has 0 saturated carbocycles. The van der Waals surface area contributed by atoms with E-state index in [9.17, 15) is 4.79 Å². The highest BCUT2D eigenvalue weighted by molar-refractivity contribution is 5.93. The van der Waals surface area contributed by atoms with E-state index in [0.717, 1.165) is 16.9 Å². The highest BCUT2D eigenvalue weighted by atomic mass is 16.5. The quantitative estimate of drug-likeness (QED) is 0.660. The Kier molecular flexibility index (Phi) is 3.61. The minimum absolute atomic E-state index is 0.153. The second kappa shape index (κ2) is 5.94. The first-order chi connectivity index (χ1) is 12.1. The molecule has 0 aromatic carbocycles. The zero-order valence-electron chi connectivity index (χ0n) is 13.7. The van der Waals surface area contributed by atoms with Gasteiger partial charge in [0.15, 0.2) is 0 Å². The van der Waals surface area contributed by atoms with Gasteiger partial charge >= 0.3 is 6.01 Å². The number of carbonyl (C=O) groups is 1. The molecule has 1 atom stereocenters. The van der Waals surface area contributed by atoms with Crippen LogP contribution in [0.25, 0.3) is 16.9 Å². The predicted octanol–water partition coefficient (Wildman–Crippen LogP) is 0.743. The van der Waals surface area contributed by atoms with E-state index in [1.165, 1.54) is 0 Å². The van der Waals surface area contributed by atoms with Crippen LogP contribution in [0.15, 0.2) is 30.9 Å². The number of rotatable bonds is 3. The number of aromatic nitrogens is 5. The van der Waals surface area contributed by atoms with Gasteiger partial charge in [-0.2, -0.15) is 10.1 Å². The summed E-state index contributed by atoms with van der Waals surface area (Å²) in [7, 11) is 1.85. The Hall–Kier alpha value is -3.34. The van der Waals surface area contributed by atoms with Gasteiger partial charge in [-0.15, -0.1) is 6.42 Å². The number of carbonyl (C=O) groups excluding carboxylic acids is 1. The summed E-state index contributed by atoms with van der Waals surface area (Å²) in [6.07, 6.45) is 12.9. The lowest BCUT2D eigenvalue weighted by molar-refractivity contribution is -0.124. The highest BCUT2D eigenvalue weighted by Crippen LogP contribution is 2.24. The van der Waals surface area contributed by atoms with Gasteiger partial charge in [0, 0.05) is 50.2 Å². The fourth-order valence-electron chi connectivity index (χ4n) is 2.93. The molecule has 3 aromatic rings. The Morgan fingerprint density at radius 2 is 2.36 bits per heavy atom. The van der Waals surface area contributed by atoms with Crippen LogP contribution in [0.3, 0.4) is 0 Å². The van der Waals surface area contributed by atoms with E-state index >= 15 is 0 Å². The maximum absolute atomic E-state index is 11.6. The van der Waals surface area contributed by atoms with E-state index < -0.39 is 0 Å². The lowest BCUT2D eigenvalue weighted by atomic mass is 10.2. The highest BCUT2D eigenvalue weighted by Gasteiger charge is 2.28. The number of nitrogens with zero attached hydrogens (tertiary/aromatic N) is 6. The van der Waals surface area contributed by atoms with Crippen molar-refractivity contribution in [3.05, 3.63) is 30.9 Å². The maximum atomic E-state index is 11.6. The Labute approximate surface area is 144 Å². The Bertz CT molecular complexity index is 983. The van der Waals surface area contributed by atoms with Gasteiger partial charge in [-0.1, -0.05) is 0 Å². The van der Waals surface area contributed by atoms with Crippen LogP contribution in [0.4, 0.5) is 0 Å². The third kappa shape index (κ3) is 2.80. The van der Waals surface area contributed by atoms with Crippen LogP contribution < -0.4 is 4.74 Å². The van der Waals surface area contributed by atoms with Gasteiger partial charge in [0.05, 0.1) is 18.4 Å². The first-order valence-corrected chi connectivity index (χ1v) is 7.89. The molecule has 8 heteroatoms. The molecule has 4 rings (SSSR count). The number of amides is 1. The van der Waals surface area contributed by atoms with Gasteiger partial charge in [0.2, 0.25) is 0 Å². The van der Waals surface area contributed by atoms with Crippen molar-refractivity contribution >= 4 is 11.6 Å². The number of fused-ring (bicyclic) bond motifs is 1. The normalized spacial score (nSPS) is 17.0. The molecule has 0 aliphatic carbocycles. The lowest BCUT2D eigenvalue weighted by Crippen LogP contribution is -2.30. The molecule has 0 spiro atoms. The molecule has 1 fully saturated rings. The molecule has 0 bridgehead atoms. The van der Waals surface area contributed by atoms with Crippen molar-refractivity contribution in [1.29, 1.82) is 0 Å². The minimum atomic E-state index is -0.309. The van der Waals surface area contributed by atoms with Crippen LogP contribution >= 0.6 is 0 Å². The number of likely N-dealkylation sites (tertiary alicyclic amines) is 1. The molecular formula is C17H16N6O2. The van der Waals surface area contributed by atoms with Gasteiger partial charge < -0.3 is 9.64 Å².